The Morgan fingerprint density at radius 2 is 1.59 bits per heavy atom. The smallest absolute Gasteiger partial charge is 0.375 e. The molecule has 0 atom stereocenters. The van der Waals surface area contributed by atoms with Crippen molar-refractivity contribution in [3.05, 3.63) is 27.7 Å². The van der Waals surface area contributed by atoms with Gasteiger partial charge in [0.1, 0.15) is 5.75 Å². The molecule has 0 aliphatic carbocycles. The fourth-order valence-electron chi connectivity index (χ4n) is 1.19. The summed E-state index contributed by atoms with van der Waals surface area (Å²) in [6, 6.07) is 2.93. The zero-order valence-electron chi connectivity index (χ0n) is 8.80. The van der Waals surface area contributed by atoms with Crippen LogP contribution >= 0.6 is 15.9 Å². The van der Waals surface area contributed by atoms with Crippen molar-refractivity contribution < 1.29 is 25.8 Å². The highest BCUT2D eigenvalue weighted by Crippen LogP contribution is 2.32. The molecule has 1 aromatic carbocycles. The summed E-state index contributed by atoms with van der Waals surface area (Å²) in [5.41, 5.74) is -4.84. The fraction of sp³-hybridized carbons (Fsp3) is 0.333. The van der Waals surface area contributed by atoms with E-state index in [0.29, 0.717) is 15.6 Å². The highest BCUT2D eigenvalue weighted by atomic mass is 79.9. The summed E-state index contributed by atoms with van der Waals surface area (Å²) >= 11 is 3.14. The summed E-state index contributed by atoms with van der Waals surface area (Å²) in [5, 5.41) is 0. The van der Waals surface area contributed by atoms with Crippen molar-refractivity contribution in [1.29, 1.82) is 0 Å². The molecule has 1 aromatic rings. The molecule has 0 fully saturated rings. The van der Waals surface area contributed by atoms with Crippen molar-refractivity contribution in [2.75, 3.05) is 0 Å². The van der Waals surface area contributed by atoms with Crippen LogP contribution in [0, 0.1) is 13.8 Å². The van der Waals surface area contributed by atoms with Crippen LogP contribution < -0.4 is 4.18 Å². The van der Waals surface area contributed by atoms with Gasteiger partial charge >= 0.3 is 15.6 Å². The maximum atomic E-state index is 12.1. The SMILES string of the molecule is Cc1cc(Br)cc(C)c1OS(=O)(=O)C(F)(F)F. The number of rotatable bonds is 2. The summed E-state index contributed by atoms with van der Waals surface area (Å²) < 4.78 is 62.9. The van der Waals surface area contributed by atoms with Gasteiger partial charge in [-0.15, -0.1) is 0 Å². The van der Waals surface area contributed by atoms with Crippen molar-refractivity contribution >= 4 is 26.0 Å². The van der Waals surface area contributed by atoms with Crippen LogP contribution in [0.1, 0.15) is 11.1 Å². The van der Waals surface area contributed by atoms with E-state index in [1.165, 1.54) is 26.0 Å². The average Bonchev–Trinajstić information content (AvgIpc) is 2.09. The van der Waals surface area contributed by atoms with Gasteiger partial charge in [-0.05, 0) is 37.1 Å². The summed E-state index contributed by atoms with van der Waals surface area (Å²) in [7, 11) is -5.62. The summed E-state index contributed by atoms with van der Waals surface area (Å²) in [5.74, 6) is -0.300. The minimum atomic E-state index is -5.62. The van der Waals surface area contributed by atoms with E-state index in [2.05, 4.69) is 20.1 Å². The lowest BCUT2D eigenvalue weighted by molar-refractivity contribution is -0.0500. The molecule has 0 spiro atoms. The summed E-state index contributed by atoms with van der Waals surface area (Å²) in [4.78, 5) is 0. The molecular formula is C9H8BrF3O3S. The predicted octanol–water partition coefficient (Wildman–Crippen LogP) is 3.29. The monoisotopic (exact) mass is 332 g/mol. The molecule has 0 bridgehead atoms. The Bertz CT molecular complexity index is 514. The molecule has 0 radical (unpaired) electrons. The molecule has 0 amide bonds. The lowest BCUT2D eigenvalue weighted by Crippen LogP contribution is -2.28. The average molecular weight is 333 g/mol. The number of hydrogen-bond donors (Lipinski definition) is 0. The van der Waals surface area contributed by atoms with E-state index in [1.54, 1.807) is 0 Å². The maximum absolute atomic E-state index is 12.1. The van der Waals surface area contributed by atoms with Crippen LogP contribution in [0.15, 0.2) is 16.6 Å². The van der Waals surface area contributed by atoms with Gasteiger partial charge in [0.15, 0.2) is 0 Å². The molecule has 0 saturated carbocycles. The van der Waals surface area contributed by atoms with Gasteiger partial charge in [-0.2, -0.15) is 21.6 Å². The van der Waals surface area contributed by atoms with Gasteiger partial charge in [0.2, 0.25) is 0 Å². The Hall–Kier alpha value is -0.760. The van der Waals surface area contributed by atoms with E-state index in [1.807, 2.05) is 0 Å². The normalized spacial score (nSPS) is 12.6. The summed E-state index contributed by atoms with van der Waals surface area (Å²) in [6.45, 7) is 2.91. The molecule has 1 rings (SSSR count). The first kappa shape index (κ1) is 14.3. The molecule has 8 heteroatoms. The Morgan fingerprint density at radius 3 is 1.94 bits per heavy atom. The summed E-state index contributed by atoms with van der Waals surface area (Å²) in [6.07, 6.45) is 0. The number of hydrogen-bond acceptors (Lipinski definition) is 3. The molecule has 0 aliphatic heterocycles. The second-order valence-electron chi connectivity index (χ2n) is 3.35. The van der Waals surface area contributed by atoms with Gasteiger partial charge in [0.05, 0.1) is 0 Å². The largest absolute Gasteiger partial charge is 0.534 e. The lowest BCUT2D eigenvalue weighted by atomic mass is 10.1. The van der Waals surface area contributed by atoms with Crippen LogP contribution in [0.2, 0.25) is 0 Å². The third-order valence-corrected chi connectivity index (χ3v) is 3.31. The van der Waals surface area contributed by atoms with E-state index in [0.717, 1.165) is 0 Å². The molecule has 0 aliphatic rings. The van der Waals surface area contributed by atoms with E-state index in [-0.39, 0.29) is 5.75 Å². The van der Waals surface area contributed by atoms with Gasteiger partial charge in [-0.1, -0.05) is 15.9 Å². The Labute approximate surface area is 105 Å². The van der Waals surface area contributed by atoms with Gasteiger partial charge < -0.3 is 4.18 Å². The van der Waals surface area contributed by atoms with Gasteiger partial charge in [0, 0.05) is 4.47 Å². The topological polar surface area (TPSA) is 43.4 Å². The quantitative estimate of drug-likeness (QED) is 0.616. The standard InChI is InChI=1S/C9H8BrF3O3S/c1-5-3-7(10)4-6(2)8(5)16-17(14,15)9(11,12)13/h3-4H,1-2H3. The molecule has 0 N–H and O–H groups in total. The predicted molar refractivity (Wildman–Crippen MR) is 59.2 cm³/mol. The zero-order chi connectivity index (χ0) is 13.4. The van der Waals surface area contributed by atoms with Crippen molar-refractivity contribution in [2.24, 2.45) is 0 Å². The Balaban J connectivity index is 3.22. The second kappa shape index (κ2) is 4.49. The zero-order valence-corrected chi connectivity index (χ0v) is 11.2. The number of halogens is 4. The highest BCUT2D eigenvalue weighted by molar-refractivity contribution is 9.10. The van der Waals surface area contributed by atoms with Crippen LogP contribution in [-0.4, -0.2) is 13.9 Å². The van der Waals surface area contributed by atoms with Crippen LogP contribution in [0.5, 0.6) is 5.75 Å². The van der Waals surface area contributed by atoms with E-state index < -0.39 is 15.6 Å². The Kier molecular flexibility index (Phi) is 3.78. The van der Waals surface area contributed by atoms with E-state index >= 15 is 0 Å². The molecular weight excluding hydrogens is 325 g/mol. The van der Waals surface area contributed by atoms with Crippen molar-refractivity contribution in [1.82, 2.24) is 0 Å². The second-order valence-corrected chi connectivity index (χ2v) is 5.81. The first-order chi connectivity index (χ1) is 7.54. The first-order valence-electron chi connectivity index (χ1n) is 4.32. The number of alkyl halides is 3. The fourth-order valence-corrected chi connectivity index (χ4v) is 2.45. The third kappa shape index (κ3) is 3.12. The van der Waals surface area contributed by atoms with Crippen molar-refractivity contribution in [2.45, 2.75) is 19.4 Å². The van der Waals surface area contributed by atoms with Crippen LogP contribution in [-0.2, 0) is 10.1 Å². The Morgan fingerprint density at radius 1 is 1.18 bits per heavy atom. The minimum absolute atomic E-state index is 0.296. The van der Waals surface area contributed by atoms with Crippen molar-refractivity contribution in [3.63, 3.8) is 0 Å². The highest BCUT2D eigenvalue weighted by Gasteiger charge is 2.48. The van der Waals surface area contributed by atoms with Crippen LogP contribution in [0.4, 0.5) is 13.2 Å². The molecule has 0 aromatic heterocycles. The molecule has 3 nitrogen and oxygen atoms in total. The maximum Gasteiger partial charge on any atom is 0.534 e. The number of aryl methyl sites for hydroxylation is 2. The molecule has 0 unspecified atom stereocenters. The number of benzene rings is 1. The first-order valence-corrected chi connectivity index (χ1v) is 6.52. The van der Waals surface area contributed by atoms with E-state index in [4.69, 9.17) is 0 Å². The van der Waals surface area contributed by atoms with Gasteiger partial charge in [-0.3, -0.25) is 0 Å². The molecule has 17 heavy (non-hydrogen) atoms. The van der Waals surface area contributed by atoms with Crippen molar-refractivity contribution in [3.8, 4) is 5.75 Å². The molecule has 0 saturated heterocycles. The van der Waals surface area contributed by atoms with Crippen LogP contribution in [0.25, 0.3) is 0 Å². The van der Waals surface area contributed by atoms with Gasteiger partial charge in [-0.25, -0.2) is 0 Å². The van der Waals surface area contributed by atoms with Gasteiger partial charge in [0.25, 0.3) is 0 Å². The molecule has 0 heterocycles. The van der Waals surface area contributed by atoms with E-state index in [9.17, 15) is 21.6 Å². The third-order valence-electron chi connectivity index (χ3n) is 1.90. The minimum Gasteiger partial charge on any atom is -0.375 e. The van der Waals surface area contributed by atoms with Crippen LogP contribution in [0.3, 0.4) is 0 Å². The molecule has 96 valence electrons. The lowest BCUT2D eigenvalue weighted by Gasteiger charge is -2.13.